The molecule has 0 spiro atoms. The van der Waals surface area contributed by atoms with Crippen molar-refractivity contribution in [2.75, 3.05) is 13.6 Å². The summed E-state index contributed by atoms with van der Waals surface area (Å²) in [6, 6.07) is 7.72. The van der Waals surface area contributed by atoms with Crippen LogP contribution < -0.4 is 0 Å². The lowest BCUT2D eigenvalue weighted by Gasteiger charge is -2.15. The van der Waals surface area contributed by atoms with Gasteiger partial charge in [-0.3, -0.25) is 4.79 Å². The second kappa shape index (κ2) is 4.80. The van der Waals surface area contributed by atoms with E-state index in [0.29, 0.717) is 18.1 Å². The van der Waals surface area contributed by atoms with Crippen molar-refractivity contribution in [2.24, 2.45) is 0 Å². The minimum atomic E-state index is 0.0879. The number of aromatic nitrogens is 1. The molecule has 1 aromatic carbocycles. The lowest BCUT2D eigenvalue weighted by Crippen LogP contribution is -2.29. The fourth-order valence-electron chi connectivity index (χ4n) is 1.79. The molecule has 17 heavy (non-hydrogen) atoms. The van der Waals surface area contributed by atoms with Gasteiger partial charge >= 0.3 is 0 Å². The van der Waals surface area contributed by atoms with Crippen molar-refractivity contribution in [1.82, 2.24) is 9.47 Å². The summed E-state index contributed by atoms with van der Waals surface area (Å²) in [7, 11) is 1.80. The Bertz CT molecular complexity index is 547. The largest absolute Gasteiger partial charge is 0.344 e. The molecule has 0 saturated carbocycles. The molecule has 0 radical (unpaired) electrons. The highest BCUT2D eigenvalue weighted by atomic mass is 35.5. The van der Waals surface area contributed by atoms with E-state index >= 15 is 0 Å². The minimum absolute atomic E-state index is 0.0879. The fourth-order valence-corrected chi connectivity index (χ4v) is 2.08. The summed E-state index contributed by atoms with van der Waals surface area (Å²) in [5, 5.41) is 1.74. The summed E-state index contributed by atoms with van der Waals surface area (Å²) >= 11 is 6.15. The van der Waals surface area contributed by atoms with Crippen LogP contribution in [0, 0.1) is 0 Å². The third kappa shape index (κ3) is 2.29. The predicted molar refractivity (Wildman–Crippen MR) is 70.3 cm³/mol. The zero-order valence-corrected chi connectivity index (χ0v) is 10.7. The van der Waals surface area contributed by atoms with Gasteiger partial charge in [0.05, 0.1) is 10.5 Å². The van der Waals surface area contributed by atoms with Crippen LogP contribution in [0.5, 0.6) is 0 Å². The summed E-state index contributed by atoms with van der Waals surface area (Å²) < 4.78 is 1.90. The third-order valence-electron chi connectivity index (χ3n) is 2.94. The van der Waals surface area contributed by atoms with Crippen LogP contribution in [-0.4, -0.2) is 29.0 Å². The van der Waals surface area contributed by atoms with Crippen LogP contribution in [0.4, 0.5) is 0 Å². The van der Waals surface area contributed by atoms with Crippen molar-refractivity contribution in [1.29, 1.82) is 0 Å². The zero-order chi connectivity index (χ0) is 12.4. The Hall–Kier alpha value is -1.48. The number of likely N-dealkylation sites (N-methyl/N-ethyl adjacent to an activating group) is 1. The average Bonchev–Trinajstić information content (AvgIpc) is 2.72. The number of hydrogen-bond acceptors (Lipinski definition) is 1. The van der Waals surface area contributed by atoms with E-state index < -0.39 is 0 Å². The van der Waals surface area contributed by atoms with Gasteiger partial charge in [-0.05, 0) is 19.1 Å². The maximum Gasteiger partial charge on any atom is 0.242 e. The van der Waals surface area contributed by atoms with Crippen molar-refractivity contribution < 1.29 is 4.79 Å². The monoisotopic (exact) mass is 250 g/mol. The van der Waals surface area contributed by atoms with Crippen LogP contribution in [0.2, 0.25) is 5.02 Å². The Balaban J connectivity index is 2.34. The molecule has 0 saturated heterocycles. The normalized spacial score (nSPS) is 10.8. The van der Waals surface area contributed by atoms with E-state index in [1.165, 1.54) is 0 Å². The lowest BCUT2D eigenvalue weighted by molar-refractivity contribution is -0.130. The number of carbonyl (C=O) groups is 1. The van der Waals surface area contributed by atoms with E-state index in [0.717, 1.165) is 10.9 Å². The number of halogens is 1. The van der Waals surface area contributed by atoms with Crippen molar-refractivity contribution >= 4 is 28.4 Å². The Morgan fingerprint density at radius 1 is 1.41 bits per heavy atom. The number of amides is 1. The number of carbonyl (C=O) groups excluding carboxylic acids is 1. The first kappa shape index (κ1) is 12.0. The first-order valence-corrected chi connectivity index (χ1v) is 5.98. The number of hydrogen-bond donors (Lipinski definition) is 0. The van der Waals surface area contributed by atoms with Crippen LogP contribution in [0.3, 0.4) is 0 Å². The third-order valence-corrected chi connectivity index (χ3v) is 3.25. The number of benzene rings is 1. The number of fused-ring (bicyclic) bond motifs is 1. The Morgan fingerprint density at radius 3 is 2.88 bits per heavy atom. The van der Waals surface area contributed by atoms with E-state index in [4.69, 9.17) is 11.6 Å². The molecule has 4 heteroatoms. The van der Waals surface area contributed by atoms with Gasteiger partial charge in [-0.15, -0.1) is 0 Å². The van der Waals surface area contributed by atoms with E-state index in [2.05, 4.69) is 0 Å². The zero-order valence-electron chi connectivity index (χ0n) is 9.98. The van der Waals surface area contributed by atoms with Crippen molar-refractivity contribution in [3.8, 4) is 0 Å². The first-order chi connectivity index (χ1) is 8.13. The molecule has 0 aliphatic heterocycles. The van der Waals surface area contributed by atoms with E-state index in [1.807, 2.05) is 42.0 Å². The first-order valence-electron chi connectivity index (χ1n) is 5.60. The van der Waals surface area contributed by atoms with Gasteiger partial charge in [-0.25, -0.2) is 0 Å². The number of rotatable bonds is 3. The minimum Gasteiger partial charge on any atom is -0.344 e. The SMILES string of the molecule is CCN(C)C(=O)Cn1ccc2cccc(Cl)c21. The van der Waals surface area contributed by atoms with Crippen LogP contribution in [-0.2, 0) is 11.3 Å². The summed E-state index contributed by atoms with van der Waals surface area (Å²) in [6.07, 6.45) is 1.90. The second-order valence-corrected chi connectivity index (χ2v) is 4.44. The molecule has 1 heterocycles. The van der Waals surface area contributed by atoms with Crippen LogP contribution in [0.1, 0.15) is 6.92 Å². The molecule has 2 aromatic rings. The molecule has 0 aliphatic rings. The van der Waals surface area contributed by atoms with Gasteiger partial charge < -0.3 is 9.47 Å². The smallest absolute Gasteiger partial charge is 0.242 e. The fraction of sp³-hybridized carbons (Fsp3) is 0.308. The highest BCUT2D eigenvalue weighted by molar-refractivity contribution is 6.35. The summed E-state index contributed by atoms with van der Waals surface area (Å²) in [6.45, 7) is 3.00. The molecule has 0 N–H and O–H groups in total. The Morgan fingerprint density at radius 2 is 2.18 bits per heavy atom. The molecule has 1 aromatic heterocycles. The van der Waals surface area contributed by atoms with E-state index in [-0.39, 0.29) is 5.91 Å². The van der Waals surface area contributed by atoms with Crippen LogP contribution >= 0.6 is 11.6 Å². The maximum absolute atomic E-state index is 11.9. The second-order valence-electron chi connectivity index (χ2n) is 4.03. The van der Waals surface area contributed by atoms with Gasteiger partial charge in [0.15, 0.2) is 0 Å². The summed E-state index contributed by atoms with van der Waals surface area (Å²) in [5.41, 5.74) is 0.923. The topological polar surface area (TPSA) is 25.2 Å². The Labute approximate surface area is 106 Å². The van der Waals surface area contributed by atoms with Crippen LogP contribution in [0.25, 0.3) is 10.9 Å². The number of para-hydroxylation sites is 1. The van der Waals surface area contributed by atoms with Gasteiger partial charge in [0.25, 0.3) is 0 Å². The molecule has 0 aliphatic carbocycles. The quantitative estimate of drug-likeness (QED) is 0.822. The van der Waals surface area contributed by atoms with Gasteiger partial charge in [0.2, 0.25) is 5.91 Å². The molecular formula is C13H15ClN2O. The standard InChI is InChI=1S/C13H15ClN2O/c1-3-15(2)12(17)9-16-8-7-10-5-4-6-11(14)13(10)16/h4-8H,3,9H2,1-2H3. The lowest BCUT2D eigenvalue weighted by atomic mass is 10.2. The molecular weight excluding hydrogens is 236 g/mol. The van der Waals surface area contributed by atoms with Gasteiger partial charge in [-0.1, -0.05) is 23.7 Å². The maximum atomic E-state index is 11.9. The molecule has 0 fully saturated rings. The number of nitrogens with zero attached hydrogens (tertiary/aromatic N) is 2. The molecule has 90 valence electrons. The molecule has 2 rings (SSSR count). The molecule has 3 nitrogen and oxygen atoms in total. The van der Waals surface area contributed by atoms with Crippen molar-refractivity contribution in [3.05, 3.63) is 35.5 Å². The van der Waals surface area contributed by atoms with Crippen LogP contribution in [0.15, 0.2) is 30.5 Å². The van der Waals surface area contributed by atoms with Crippen molar-refractivity contribution in [3.63, 3.8) is 0 Å². The summed E-state index contributed by atoms with van der Waals surface area (Å²) in [4.78, 5) is 13.6. The molecule has 0 bridgehead atoms. The molecule has 1 amide bonds. The van der Waals surface area contributed by atoms with E-state index in [1.54, 1.807) is 11.9 Å². The molecule has 0 unspecified atom stereocenters. The van der Waals surface area contributed by atoms with E-state index in [9.17, 15) is 4.79 Å². The van der Waals surface area contributed by atoms with Crippen molar-refractivity contribution in [2.45, 2.75) is 13.5 Å². The predicted octanol–water partition coefficient (Wildman–Crippen LogP) is 2.77. The highest BCUT2D eigenvalue weighted by Gasteiger charge is 2.10. The summed E-state index contributed by atoms with van der Waals surface area (Å²) in [5.74, 6) is 0.0879. The molecule has 0 atom stereocenters. The Kier molecular flexibility index (Phi) is 3.38. The highest BCUT2D eigenvalue weighted by Crippen LogP contribution is 2.24. The average molecular weight is 251 g/mol. The van der Waals surface area contributed by atoms with Gasteiger partial charge in [-0.2, -0.15) is 0 Å². The van der Waals surface area contributed by atoms with Gasteiger partial charge in [0.1, 0.15) is 6.54 Å². The van der Waals surface area contributed by atoms with Gasteiger partial charge in [0, 0.05) is 25.2 Å².